The maximum Gasteiger partial charge on any atom is 0.387 e. The first-order chi connectivity index (χ1) is 16.0. The number of benzene rings is 1. The highest BCUT2D eigenvalue weighted by Crippen LogP contribution is 2.33. The summed E-state index contributed by atoms with van der Waals surface area (Å²) in [4.78, 5) is 39.2. The van der Waals surface area contributed by atoms with Crippen LogP contribution in [0.1, 0.15) is 39.5 Å². The van der Waals surface area contributed by atoms with Crippen molar-refractivity contribution in [1.82, 2.24) is 19.8 Å². The molecule has 1 N–H and O–H groups in total. The second kappa shape index (κ2) is 9.18. The molecule has 7 nitrogen and oxygen atoms in total. The predicted molar refractivity (Wildman–Crippen MR) is 121 cm³/mol. The molecule has 10 heteroatoms. The van der Waals surface area contributed by atoms with E-state index in [0.29, 0.717) is 44.1 Å². The van der Waals surface area contributed by atoms with E-state index in [1.807, 2.05) is 0 Å². The van der Waals surface area contributed by atoms with Gasteiger partial charge in [0, 0.05) is 36.6 Å². The number of aromatic amines is 1. The van der Waals surface area contributed by atoms with Crippen molar-refractivity contribution < 1.29 is 18.3 Å². The molecule has 1 aliphatic heterocycles. The molecular weight excluding hydrogens is 450 g/mol. The van der Waals surface area contributed by atoms with Crippen LogP contribution >= 0.6 is 11.3 Å². The Morgan fingerprint density at radius 2 is 1.97 bits per heavy atom. The number of rotatable bonds is 5. The Kier molecular flexibility index (Phi) is 6.11. The predicted octanol–water partition coefficient (Wildman–Crippen LogP) is 3.42. The summed E-state index contributed by atoms with van der Waals surface area (Å²) in [6.45, 7) is -0.175. The third kappa shape index (κ3) is 4.63. The van der Waals surface area contributed by atoms with Gasteiger partial charge in [-0.05, 0) is 49.4 Å². The number of piperazine rings is 1. The molecule has 174 valence electrons. The summed E-state index contributed by atoms with van der Waals surface area (Å²) in [5.41, 5.74) is 1.44. The van der Waals surface area contributed by atoms with Crippen LogP contribution in [0.25, 0.3) is 10.2 Å². The van der Waals surface area contributed by atoms with E-state index in [9.17, 15) is 18.4 Å². The molecular formula is C23H24F2N4O3S. The van der Waals surface area contributed by atoms with E-state index in [4.69, 9.17) is 4.98 Å². The number of fused-ring (bicyclic) bond motifs is 3. The van der Waals surface area contributed by atoms with E-state index in [0.717, 1.165) is 35.9 Å². The van der Waals surface area contributed by atoms with Crippen molar-refractivity contribution in [2.45, 2.75) is 38.8 Å². The lowest BCUT2D eigenvalue weighted by atomic mass is 9.97. The number of carbonyl (C=O) groups excluding carboxylic acids is 1. The van der Waals surface area contributed by atoms with Gasteiger partial charge in [-0.1, -0.05) is 6.07 Å². The van der Waals surface area contributed by atoms with Crippen LogP contribution in [0.3, 0.4) is 0 Å². The fourth-order valence-electron chi connectivity index (χ4n) is 4.59. The van der Waals surface area contributed by atoms with Crippen LogP contribution in [0.4, 0.5) is 8.78 Å². The number of hydrogen-bond donors (Lipinski definition) is 1. The van der Waals surface area contributed by atoms with Gasteiger partial charge in [0.1, 0.15) is 16.4 Å². The smallest absolute Gasteiger partial charge is 0.387 e. The Morgan fingerprint density at radius 3 is 2.76 bits per heavy atom. The van der Waals surface area contributed by atoms with Crippen LogP contribution in [0, 0.1) is 0 Å². The van der Waals surface area contributed by atoms with Gasteiger partial charge < -0.3 is 14.6 Å². The molecule has 0 unspecified atom stereocenters. The molecule has 0 atom stereocenters. The van der Waals surface area contributed by atoms with Crippen LogP contribution in [0.2, 0.25) is 0 Å². The first kappa shape index (κ1) is 22.0. The van der Waals surface area contributed by atoms with E-state index in [1.165, 1.54) is 28.6 Å². The quantitative estimate of drug-likeness (QED) is 0.613. The van der Waals surface area contributed by atoms with Crippen molar-refractivity contribution in [2.75, 3.05) is 26.2 Å². The SMILES string of the molecule is O=C(c1cccc(OC(F)F)c1)N1CCN(Cc2nc3sc4c(c3c(=O)[nH]2)CCCC4)CC1. The third-order valence-electron chi connectivity index (χ3n) is 6.21. The molecule has 2 aliphatic rings. The number of ether oxygens (including phenoxy) is 1. The Bertz CT molecular complexity index is 1230. The van der Waals surface area contributed by atoms with E-state index in [-0.39, 0.29) is 17.2 Å². The van der Waals surface area contributed by atoms with Crippen molar-refractivity contribution in [3.63, 3.8) is 0 Å². The first-order valence-electron chi connectivity index (χ1n) is 11.1. The van der Waals surface area contributed by atoms with Crippen LogP contribution in [-0.4, -0.2) is 58.5 Å². The van der Waals surface area contributed by atoms with Crippen LogP contribution in [0.5, 0.6) is 5.75 Å². The van der Waals surface area contributed by atoms with Gasteiger partial charge in [-0.3, -0.25) is 14.5 Å². The number of carbonyl (C=O) groups is 1. The molecule has 0 saturated carbocycles. The molecule has 33 heavy (non-hydrogen) atoms. The summed E-state index contributed by atoms with van der Waals surface area (Å²) in [7, 11) is 0. The highest BCUT2D eigenvalue weighted by Gasteiger charge is 2.24. The molecule has 1 aliphatic carbocycles. The summed E-state index contributed by atoms with van der Waals surface area (Å²) >= 11 is 1.64. The highest BCUT2D eigenvalue weighted by atomic mass is 32.1. The van der Waals surface area contributed by atoms with Gasteiger partial charge in [0.25, 0.3) is 11.5 Å². The summed E-state index contributed by atoms with van der Waals surface area (Å²) in [5, 5.41) is 0.756. The number of nitrogens with one attached hydrogen (secondary N) is 1. The molecule has 3 heterocycles. The molecule has 5 rings (SSSR count). The molecule has 1 aromatic carbocycles. The van der Waals surface area contributed by atoms with Crippen molar-refractivity contribution in [2.24, 2.45) is 0 Å². The highest BCUT2D eigenvalue weighted by molar-refractivity contribution is 7.18. The zero-order valence-electron chi connectivity index (χ0n) is 18.0. The van der Waals surface area contributed by atoms with Crippen molar-refractivity contribution >= 4 is 27.5 Å². The number of hydrogen-bond acceptors (Lipinski definition) is 6. The third-order valence-corrected chi connectivity index (χ3v) is 7.40. The van der Waals surface area contributed by atoms with Gasteiger partial charge in [-0.2, -0.15) is 8.78 Å². The minimum Gasteiger partial charge on any atom is -0.435 e. The second-order valence-electron chi connectivity index (χ2n) is 8.38. The summed E-state index contributed by atoms with van der Waals surface area (Å²) in [6.07, 6.45) is 4.26. The van der Waals surface area contributed by atoms with Gasteiger partial charge in [-0.15, -0.1) is 11.3 Å². The van der Waals surface area contributed by atoms with Crippen molar-refractivity contribution in [3.05, 3.63) is 56.4 Å². The zero-order chi connectivity index (χ0) is 22.9. The maximum atomic E-state index is 12.8. The summed E-state index contributed by atoms with van der Waals surface area (Å²) < 4.78 is 29.3. The number of aryl methyl sites for hydroxylation is 2. The second-order valence-corrected chi connectivity index (χ2v) is 9.46. The van der Waals surface area contributed by atoms with E-state index in [1.54, 1.807) is 22.3 Å². The number of halogens is 2. The lowest BCUT2D eigenvalue weighted by Crippen LogP contribution is -2.48. The van der Waals surface area contributed by atoms with Crippen LogP contribution in [-0.2, 0) is 19.4 Å². The van der Waals surface area contributed by atoms with Gasteiger partial charge in [0.15, 0.2) is 0 Å². The molecule has 0 radical (unpaired) electrons. The average molecular weight is 475 g/mol. The summed E-state index contributed by atoms with van der Waals surface area (Å²) in [5.74, 6) is 0.393. The minimum absolute atomic E-state index is 0.0323. The lowest BCUT2D eigenvalue weighted by Gasteiger charge is -2.34. The number of aromatic nitrogens is 2. The number of alkyl halides is 2. The molecule has 2 aromatic heterocycles. The molecule has 0 spiro atoms. The topological polar surface area (TPSA) is 78.5 Å². The normalized spacial score (nSPS) is 16.9. The van der Waals surface area contributed by atoms with E-state index >= 15 is 0 Å². The summed E-state index contributed by atoms with van der Waals surface area (Å²) in [6, 6.07) is 5.86. The standard InChI is InChI=1S/C23H24F2N4O3S/c24-23(25)32-15-5-3-4-14(12-15)22(31)29-10-8-28(9-11-29)13-18-26-20(30)19-16-6-1-2-7-17(16)33-21(19)27-18/h3-5,12,23H,1-2,6-11,13H2,(H,26,27,30). The van der Waals surface area contributed by atoms with Crippen LogP contribution < -0.4 is 10.3 Å². The Morgan fingerprint density at radius 1 is 1.18 bits per heavy atom. The van der Waals surface area contributed by atoms with Gasteiger partial charge >= 0.3 is 6.61 Å². The van der Waals surface area contributed by atoms with E-state index < -0.39 is 6.61 Å². The number of nitrogens with zero attached hydrogens (tertiary/aromatic N) is 3. The average Bonchev–Trinajstić information content (AvgIpc) is 3.18. The maximum absolute atomic E-state index is 12.8. The van der Waals surface area contributed by atoms with Gasteiger partial charge in [0.05, 0.1) is 11.9 Å². The van der Waals surface area contributed by atoms with Crippen molar-refractivity contribution in [1.29, 1.82) is 0 Å². The first-order valence-corrected chi connectivity index (χ1v) is 11.9. The Hall–Kier alpha value is -2.85. The monoisotopic (exact) mass is 474 g/mol. The van der Waals surface area contributed by atoms with Gasteiger partial charge in [-0.25, -0.2) is 4.98 Å². The van der Waals surface area contributed by atoms with Crippen molar-refractivity contribution in [3.8, 4) is 5.75 Å². The fraction of sp³-hybridized carbons (Fsp3) is 0.435. The number of H-pyrrole nitrogens is 1. The molecule has 0 bridgehead atoms. The van der Waals surface area contributed by atoms with Gasteiger partial charge in [0.2, 0.25) is 0 Å². The Balaban J connectivity index is 1.23. The Labute approximate surface area is 193 Å². The molecule has 3 aromatic rings. The van der Waals surface area contributed by atoms with E-state index in [2.05, 4.69) is 14.6 Å². The molecule has 1 amide bonds. The molecule has 1 saturated heterocycles. The lowest BCUT2D eigenvalue weighted by molar-refractivity contribution is -0.0499. The number of thiophene rings is 1. The fourth-order valence-corrected chi connectivity index (χ4v) is 5.87. The number of amides is 1. The minimum atomic E-state index is -2.93. The zero-order valence-corrected chi connectivity index (χ0v) is 18.8. The largest absolute Gasteiger partial charge is 0.435 e. The molecule has 1 fully saturated rings. The van der Waals surface area contributed by atoms with Crippen LogP contribution in [0.15, 0.2) is 29.1 Å².